The molecule has 13 rings (SSSR count). The van der Waals surface area contributed by atoms with E-state index in [1.54, 1.807) is 0 Å². The average Bonchev–Trinajstić information content (AvgIpc) is 3.95. The standard InChI is InChI=1S/C63H41N5/c1-5-19-42(20-6-1)47-28-18-30-52(41-47)67-57-33-15-13-31-53(57)55-35-36-56-54-32-14-16-34-58(54)68(60(56)59(55)67)63-65-61(45-25-11-4-12-26-45)64-62(66-63)48-29-17-27-46(37-48)51-39-49(43-21-7-2-8-22-43)38-50(40-51)44-23-9-3-10-24-44/h1-41H. The van der Waals surface area contributed by atoms with Gasteiger partial charge in [0.25, 0.3) is 0 Å². The summed E-state index contributed by atoms with van der Waals surface area (Å²) >= 11 is 0. The lowest BCUT2D eigenvalue weighted by atomic mass is 9.93. The second-order valence-electron chi connectivity index (χ2n) is 17.2. The summed E-state index contributed by atoms with van der Waals surface area (Å²) in [6, 6.07) is 88.2. The first-order chi connectivity index (χ1) is 33.7. The molecule has 0 unspecified atom stereocenters. The predicted octanol–water partition coefficient (Wildman–Crippen LogP) is 16.1. The zero-order chi connectivity index (χ0) is 45.0. The Bertz CT molecular complexity index is 3950. The molecule has 0 bridgehead atoms. The Hall–Kier alpha value is -9.19. The zero-order valence-corrected chi connectivity index (χ0v) is 36.9. The first-order valence-electron chi connectivity index (χ1n) is 23.0. The molecule has 0 spiro atoms. The molecule has 5 nitrogen and oxygen atoms in total. The molecule has 0 atom stereocenters. The predicted molar refractivity (Wildman–Crippen MR) is 281 cm³/mol. The van der Waals surface area contributed by atoms with Gasteiger partial charge in [-0.05, 0) is 93.0 Å². The summed E-state index contributed by atoms with van der Waals surface area (Å²) in [4.78, 5) is 16.1. The van der Waals surface area contributed by atoms with E-state index in [1.807, 2.05) is 18.2 Å². The van der Waals surface area contributed by atoms with Crippen molar-refractivity contribution in [2.45, 2.75) is 0 Å². The summed E-state index contributed by atoms with van der Waals surface area (Å²) in [5.41, 5.74) is 16.3. The lowest BCUT2D eigenvalue weighted by Gasteiger charge is -2.14. The molecule has 0 aliphatic heterocycles. The molecule has 0 saturated heterocycles. The monoisotopic (exact) mass is 867 g/mol. The lowest BCUT2D eigenvalue weighted by Crippen LogP contribution is -2.07. The summed E-state index contributed by atoms with van der Waals surface area (Å²) in [7, 11) is 0. The van der Waals surface area contributed by atoms with Crippen LogP contribution in [0.5, 0.6) is 0 Å². The minimum atomic E-state index is 0.547. The maximum absolute atomic E-state index is 5.49. The van der Waals surface area contributed by atoms with Gasteiger partial charge >= 0.3 is 0 Å². The highest BCUT2D eigenvalue weighted by atomic mass is 15.2. The fourth-order valence-corrected chi connectivity index (χ4v) is 9.97. The Morgan fingerprint density at radius 1 is 0.235 bits per heavy atom. The highest BCUT2D eigenvalue weighted by molar-refractivity contribution is 6.23. The van der Waals surface area contributed by atoms with Crippen LogP contribution in [0.1, 0.15) is 0 Å². The molecule has 0 amide bonds. The van der Waals surface area contributed by atoms with E-state index in [0.717, 1.165) is 82.9 Å². The molecule has 3 aromatic heterocycles. The van der Waals surface area contributed by atoms with Crippen LogP contribution in [0.3, 0.4) is 0 Å². The highest BCUT2D eigenvalue weighted by Crippen LogP contribution is 2.42. The van der Waals surface area contributed by atoms with Crippen LogP contribution in [0.15, 0.2) is 249 Å². The molecule has 3 heterocycles. The second-order valence-corrected chi connectivity index (χ2v) is 17.2. The second kappa shape index (κ2) is 16.4. The van der Waals surface area contributed by atoms with Crippen LogP contribution in [0.2, 0.25) is 0 Å². The molecule has 0 aliphatic carbocycles. The van der Waals surface area contributed by atoms with Crippen LogP contribution >= 0.6 is 0 Å². The van der Waals surface area contributed by atoms with Crippen molar-refractivity contribution in [2.75, 3.05) is 0 Å². The third kappa shape index (κ3) is 6.76. The van der Waals surface area contributed by atoms with E-state index >= 15 is 0 Å². The van der Waals surface area contributed by atoms with E-state index in [1.165, 1.54) is 22.1 Å². The Kier molecular flexibility index (Phi) is 9.43. The van der Waals surface area contributed by atoms with Gasteiger partial charge in [-0.2, -0.15) is 9.97 Å². The first-order valence-corrected chi connectivity index (χ1v) is 23.0. The van der Waals surface area contributed by atoms with E-state index in [4.69, 9.17) is 15.0 Å². The van der Waals surface area contributed by atoms with Gasteiger partial charge in [-0.25, -0.2) is 4.98 Å². The number of fused-ring (bicyclic) bond motifs is 7. The number of nitrogens with zero attached hydrogens (tertiary/aromatic N) is 5. The van der Waals surface area contributed by atoms with Gasteiger partial charge in [0.2, 0.25) is 5.95 Å². The van der Waals surface area contributed by atoms with Gasteiger partial charge in [0.15, 0.2) is 11.6 Å². The molecule has 13 aromatic rings. The van der Waals surface area contributed by atoms with Crippen LogP contribution in [-0.4, -0.2) is 24.1 Å². The first kappa shape index (κ1) is 39.2. The van der Waals surface area contributed by atoms with Gasteiger partial charge in [0, 0.05) is 38.4 Å². The number of benzene rings is 10. The highest BCUT2D eigenvalue weighted by Gasteiger charge is 2.24. The van der Waals surface area contributed by atoms with Crippen molar-refractivity contribution in [3.05, 3.63) is 249 Å². The quantitative estimate of drug-likeness (QED) is 0.153. The average molecular weight is 868 g/mol. The van der Waals surface area contributed by atoms with Crippen molar-refractivity contribution in [2.24, 2.45) is 0 Å². The summed E-state index contributed by atoms with van der Waals surface area (Å²) in [5.74, 6) is 1.74. The molecule has 0 radical (unpaired) electrons. The molecule has 5 heteroatoms. The van der Waals surface area contributed by atoms with Crippen LogP contribution < -0.4 is 0 Å². The van der Waals surface area contributed by atoms with E-state index < -0.39 is 0 Å². The van der Waals surface area contributed by atoms with Crippen molar-refractivity contribution in [3.8, 4) is 78.9 Å². The van der Waals surface area contributed by atoms with Gasteiger partial charge in [-0.3, -0.25) is 4.57 Å². The number of hydrogen-bond acceptors (Lipinski definition) is 3. The maximum atomic E-state index is 5.49. The Balaban J connectivity index is 1.06. The number of para-hydroxylation sites is 2. The summed E-state index contributed by atoms with van der Waals surface area (Å²) < 4.78 is 4.69. The normalized spacial score (nSPS) is 11.5. The zero-order valence-electron chi connectivity index (χ0n) is 36.9. The number of hydrogen-bond donors (Lipinski definition) is 0. The van der Waals surface area contributed by atoms with Crippen molar-refractivity contribution in [1.29, 1.82) is 0 Å². The van der Waals surface area contributed by atoms with Crippen LogP contribution in [0.4, 0.5) is 0 Å². The molecular weight excluding hydrogens is 827 g/mol. The Labute approximate surface area is 393 Å². The fourth-order valence-electron chi connectivity index (χ4n) is 9.97. The van der Waals surface area contributed by atoms with E-state index in [0.29, 0.717) is 17.6 Å². The summed E-state index contributed by atoms with van der Waals surface area (Å²) in [6.07, 6.45) is 0. The molecule has 0 saturated carbocycles. The fraction of sp³-hybridized carbons (Fsp3) is 0. The molecule has 0 aliphatic rings. The van der Waals surface area contributed by atoms with E-state index in [9.17, 15) is 0 Å². The van der Waals surface area contributed by atoms with Crippen molar-refractivity contribution in [3.63, 3.8) is 0 Å². The van der Waals surface area contributed by atoms with Crippen LogP contribution in [0.25, 0.3) is 123 Å². The van der Waals surface area contributed by atoms with E-state index in [2.05, 4.69) is 240 Å². The van der Waals surface area contributed by atoms with Crippen molar-refractivity contribution < 1.29 is 0 Å². The van der Waals surface area contributed by atoms with Crippen molar-refractivity contribution in [1.82, 2.24) is 24.1 Å². The SMILES string of the molecule is c1ccc(-c2cc(-c3ccccc3)cc(-c3cccc(-c4nc(-c5ccccc5)nc(-n5c6ccccc6c6ccc7c8ccccc8n(-c8cccc(-c9ccccc9)c8)c7c65)n4)c3)c2)cc1. The third-order valence-electron chi connectivity index (χ3n) is 13.1. The third-order valence-corrected chi connectivity index (χ3v) is 13.1. The van der Waals surface area contributed by atoms with Gasteiger partial charge in [0.1, 0.15) is 0 Å². The summed E-state index contributed by atoms with van der Waals surface area (Å²) in [6.45, 7) is 0. The minimum absolute atomic E-state index is 0.547. The largest absolute Gasteiger partial charge is 0.307 e. The van der Waals surface area contributed by atoms with Crippen LogP contribution in [-0.2, 0) is 0 Å². The smallest absolute Gasteiger partial charge is 0.238 e. The van der Waals surface area contributed by atoms with Gasteiger partial charge in [0.05, 0.1) is 22.1 Å². The molecule has 68 heavy (non-hydrogen) atoms. The summed E-state index contributed by atoms with van der Waals surface area (Å²) in [5, 5.41) is 4.57. The minimum Gasteiger partial charge on any atom is -0.307 e. The van der Waals surface area contributed by atoms with Crippen LogP contribution in [0, 0.1) is 0 Å². The topological polar surface area (TPSA) is 48.5 Å². The maximum Gasteiger partial charge on any atom is 0.238 e. The number of rotatable bonds is 8. The van der Waals surface area contributed by atoms with Gasteiger partial charge in [-0.1, -0.05) is 200 Å². The Morgan fingerprint density at radius 2 is 0.618 bits per heavy atom. The molecule has 0 N–H and O–H groups in total. The number of aromatic nitrogens is 5. The van der Waals surface area contributed by atoms with Gasteiger partial charge in [-0.15, -0.1) is 0 Å². The Morgan fingerprint density at radius 3 is 1.19 bits per heavy atom. The van der Waals surface area contributed by atoms with E-state index in [-0.39, 0.29) is 0 Å². The van der Waals surface area contributed by atoms with Crippen molar-refractivity contribution >= 4 is 43.6 Å². The lowest BCUT2D eigenvalue weighted by molar-refractivity contribution is 0.953. The molecule has 0 fully saturated rings. The molecular formula is C63H41N5. The molecule has 318 valence electrons. The molecule has 10 aromatic carbocycles. The van der Waals surface area contributed by atoms with Gasteiger partial charge < -0.3 is 4.57 Å².